The minimum Gasteiger partial charge on any atom is -0.389 e. The van der Waals surface area contributed by atoms with Crippen molar-refractivity contribution in [2.45, 2.75) is 6.10 Å². The Balaban J connectivity index is 1.87. The van der Waals surface area contributed by atoms with Crippen LogP contribution in [-0.2, 0) is 4.74 Å². The number of hydrogen-bond acceptors (Lipinski definition) is 6. The molecule has 6 heteroatoms. The number of anilines is 1. The molecule has 1 atom stereocenters. The first kappa shape index (κ1) is 14.9. The third-order valence-corrected chi connectivity index (χ3v) is 4.34. The molecule has 0 saturated carbocycles. The molecule has 0 aliphatic heterocycles. The quantitative estimate of drug-likeness (QED) is 0.732. The van der Waals surface area contributed by atoms with E-state index in [0.29, 0.717) is 13.2 Å². The molecule has 5 nitrogen and oxygen atoms in total. The minimum atomic E-state index is -0.567. The fourth-order valence-corrected chi connectivity index (χ4v) is 3.21. The first-order chi connectivity index (χ1) is 10.8. The fourth-order valence-electron chi connectivity index (χ4n) is 2.21. The molecule has 0 aliphatic rings. The molecule has 3 aromatic rings. The van der Waals surface area contributed by atoms with Crippen LogP contribution >= 0.6 is 11.3 Å². The van der Waals surface area contributed by atoms with Crippen molar-refractivity contribution in [3.8, 4) is 10.4 Å². The molecule has 114 valence electrons. The van der Waals surface area contributed by atoms with E-state index in [4.69, 9.17) is 4.74 Å². The van der Waals surface area contributed by atoms with E-state index in [1.165, 1.54) is 0 Å². The number of methoxy groups -OCH3 is 1. The number of aromatic nitrogens is 2. The molecule has 3 rings (SSSR count). The molecule has 0 amide bonds. The predicted octanol–water partition coefficient (Wildman–Crippen LogP) is 2.78. The maximum absolute atomic E-state index is 9.74. The number of nitrogens with zero attached hydrogens (tertiary/aromatic N) is 2. The van der Waals surface area contributed by atoms with E-state index in [0.717, 1.165) is 26.5 Å². The van der Waals surface area contributed by atoms with Crippen LogP contribution in [0.1, 0.15) is 0 Å². The van der Waals surface area contributed by atoms with Gasteiger partial charge in [-0.05, 0) is 11.6 Å². The molecule has 2 aromatic heterocycles. The first-order valence-corrected chi connectivity index (χ1v) is 7.80. The van der Waals surface area contributed by atoms with Crippen LogP contribution in [-0.4, -0.2) is 41.4 Å². The van der Waals surface area contributed by atoms with Crippen LogP contribution in [0.25, 0.3) is 20.7 Å². The fraction of sp³-hybridized carbons (Fsp3) is 0.250. The lowest BCUT2D eigenvalue weighted by atomic mass is 10.2. The van der Waals surface area contributed by atoms with E-state index in [1.54, 1.807) is 24.8 Å². The van der Waals surface area contributed by atoms with Crippen molar-refractivity contribution in [1.29, 1.82) is 0 Å². The number of rotatable bonds is 6. The van der Waals surface area contributed by atoms with Gasteiger partial charge in [-0.2, -0.15) is 0 Å². The van der Waals surface area contributed by atoms with Crippen molar-refractivity contribution >= 4 is 27.4 Å². The number of nitrogens with one attached hydrogen (secondary N) is 1. The Morgan fingerprint density at radius 3 is 2.86 bits per heavy atom. The van der Waals surface area contributed by atoms with E-state index >= 15 is 0 Å². The second-order valence-electron chi connectivity index (χ2n) is 4.91. The van der Waals surface area contributed by atoms with Gasteiger partial charge in [0.05, 0.1) is 18.1 Å². The van der Waals surface area contributed by atoms with Gasteiger partial charge in [-0.3, -0.25) is 0 Å². The summed E-state index contributed by atoms with van der Waals surface area (Å²) in [5, 5.41) is 13.9. The van der Waals surface area contributed by atoms with Crippen molar-refractivity contribution in [2.75, 3.05) is 25.6 Å². The number of aliphatic hydroxyl groups is 1. The Labute approximate surface area is 132 Å². The highest BCUT2D eigenvalue weighted by molar-refractivity contribution is 7.21. The largest absolute Gasteiger partial charge is 0.389 e. The van der Waals surface area contributed by atoms with Crippen molar-refractivity contribution in [1.82, 2.24) is 9.97 Å². The Morgan fingerprint density at radius 2 is 2.09 bits per heavy atom. The lowest BCUT2D eigenvalue weighted by Crippen LogP contribution is -2.24. The number of ether oxygens (including phenoxy) is 1. The van der Waals surface area contributed by atoms with Crippen molar-refractivity contribution < 1.29 is 9.84 Å². The molecule has 2 N–H and O–H groups in total. The summed E-state index contributed by atoms with van der Waals surface area (Å²) in [5.74, 6) is 0.735. The Bertz CT molecular complexity index is 745. The van der Waals surface area contributed by atoms with Gasteiger partial charge in [-0.1, -0.05) is 30.3 Å². The highest BCUT2D eigenvalue weighted by Crippen LogP contribution is 2.34. The van der Waals surface area contributed by atoms with Gasteiger partial charge in [-0.15, -0.1) is 11.3 Å². The van der Waals surface area contributed by atoms with E-state index in [9.17, 15) is 5.11 Å². The van der Waals surface area contributed by atoms with Gasteiger partial charge in [0.25, 0.3) is 0 Å². The summed E-state index contributed by atoms with van der Waals surface area (Å²) in [7, 11) is 1.57. The highest BCUT2D eigenvalue weighted by atomic mass is 32.1. The molecule has 22 heavy (non-hydrogen) atoms. The van der Waals surface area contributed by atoms with Crippen molar-refractivity contribution in [3.63, 3.8) is 0 Å². The van der Waals surface area contributed by atoms with Gasteiger partial charge in [0.1, 0.15) is 17.0 Å². The lowest BCUT2D eigenvalue weighted by molar-refractivity contribution is 0.0727. The molecular weight excluding hydrogens is 298 g/mol. The van der Waals surface area contributed by atoms with Crippen LogP contribution in [0.2, 0.25) is 0 Å². The second kappa shape index (κ2) is 6.83. The molecule has 1 unspecified atom stereocenters. The van der Waals surface area contributed by atoms with Crippen LogP contribution in [0.15, 0.2) is 42.7 Å². The molecule has 0 fully saturated rings. The zero-order valence-electron chi connectivity index (χ0n) is 12.2. The SMILES string of the molecule is COCC(O)CNc1ncnc2sc(-c3ccccc3)cc12. The Kier molecular flexibility index (Phi) is 4.62. The third-order valence-electron chi connectivity index (χ3n) is 3.25. The average Bonchev–Trinajstić information content (AvgIpc) is 2.99. The Morgan fingerprint density at radius 1 is 1.27 bits per heavy atom. The van der Waals surface area contributed by atoms with Gasteiger partial charge in [0.2, 0.25) is 0 Å². The highest BCUT2D eigenvalue weighted by Gasteiger charge is 2.11. The summed E-state index contributed by atoms with van der Waals surface area (Å²) < 4.78 is 4.92. The molecule has 0 saturated heterocycles. The summed E-state index contributed by atoms with van der Waals surface area (Å²) in [6.07, 6.45) is 0.973. The second-order valence-corrected chi connectivity index (χ2v) is 5.94. The van der Waals surface area contributed by atoms with Crippen LogP contribution < -0.4 is 5.32 Å². The van der Waals surface area contributed by atoms with Crippen molar-refractivity contribution in [3.05, 3.63) is 42.7 Å². The van der Waals surface area contributed by atoms with E-state index < -0.39 is 6.10 Å². The predicted molar refractivity (Wildman–Crippen MR) is 89.2 cm³/mol. The van der Waals surface area contributed by atoms with Gasteiger partial charge < -0.3 is 15.2 Å². The standard InChI is InChI=1S/C16H17N3O2S/c1-21-9-12(20)8-17-15-13-7-14(11-5-3-2-4-6-11)22-16(13)19-10-18-15/h2-7,10,12,20H,8-9H2,1H3,(H,17,18,19). The van der Waals surface area contributed by atoms with Gasteiger partial charge in [0.15, 0.2) is 0 Å². The smallest absolute Gasteiger partial charge is 0.138 e. The van der Waals surface area contributed by atoms with E-state index in [1.807, 2.05) is 18.2 Å². The number of aliphatic hydroxyl groups excluding tert-OH is 1. The monoisotopic (exact) mass is 315 g/mol. The summed E-state index contributed by atoms with van der Waals surface area (Å²) in [6.45, 7) is 0.677. The molecule has 0 aliphatic carbocycles. The van der Waals surface area contributed by atoms with Gasteiger partial charge in [0, 0.05) is 18.5 Å². The van der Waals surface area contributed by atoms with Crippen LogP contribution in [0, 0.1) is 0 Å². The summed E-state index contributed by atoms with van der Waals surface area (Å²) in [4.78, 5) is 10.7. The molecule has 2 heterocycles. The topological polar surface area (TPSA) is 67.3 Å². The number of benzene rings is 1. The van der Waals surface area contributed by atoms with Crippen LogP contribution in [0.4, 0.5) is 5.82 Å². The number of fused-ring (bicyclic) bond motifs is 1. The number of thiophene rings is 1. The molecule has 0 spiro atoms. The molecule has 0 radical (unpaired) electrons. The maximum Gasteiger partial charge on any atom is 0.138 e. The summed E-state index contributed by atoms with van der Waals surface area (Å²) >= 11 is 1.63. The van der Waals surface area contributed by atoms with Crippen LogP contribution in [0.3, 0.4) is 0 Å². The zero-order chi connectivity index (χ0) is 15.4. The third kappa shape index (κ3) is 3.24. The van der Waals surface area contributed by atoms with Gasteiger partial charge in [-0.25, -0.2) is 9.97 Å². The normalized spacial score (nSPS) is 12.5. The molecule has 0 bridgehead atoms. The Hall–Kier alpha value is -2.02. The van der Waals surface area contributed by atoms with Gasteiger partial charge >= 0.3 is 0 Å². The zero-order valence-corrected chi connectivity index (χ0v) is 13.0. The van der Waals surface area contributed by atoms with E-state index in [2.05, 4.69) is 33.5 Å². The lowest BCUT2D eigenvalue weighted by Gasteiger charge is -2.11. The summed E-state index contributed by atoms with van der Waals surface area (Å²) in [5.41, 5.74) is 1.16. The van der Waals surface area contributed by atoms with E-state index in [-0.39, 0.29) is 0 Å². The average molecular weight is 315 g/mol. The first-order valence-electron chi connectivity index (χ1n) is 6.99. The summed E-state index contributed by atoms with van der Waals surface area (Å²) in [6, 6.07) is 12.3. The minimum absolute atomic E-state index is 0.292. The van der Waals surface area contributed by atoms with Crippen LogP contribution in [0.5, 0.6) is 0 Å². The van der Waals surface area contributed by atoms with Crippen molar-refractivity contribution in [2.24, 2.45) is 0 Å². The number of hydrogen-bond donors (Lipinski definition) is 2. The molecular formula is C16H17N3O2S. The maximum atomic E-state index is 9.74. The molecule has 1 aromatic carbocycles.